The van der Waals surface area contributed by atoms with Crippen LogP contribution in [-0.4, -0.2) is 37.9 Å². The van der Waals surface area contributed by atoms with Gasteiger partial charge in [-0.05, 0) is 25.0 Å². The first-order valence-corrected chi connectivity index (χ1v) is 7.80. The summed E-state index contributed by atoms with van der Waals surface area (Å²) in [7, 11) is 0. The molecule has 0 rings (SSSR count). The second-order valence-electron chi connectivity index (χ2n) is 4.07. The van der Waals surface area contributed by atoms with E-state index in [1.807, 2.05) is 0 Å². The summed E-state index contributed by atoms with van der Waals surface area (Å²) in [6.07, 6.45) is 4.54. The molecule has 0 bridgehead atoms. The number of hydrogen-bond acceptors (Lipinski definition) is 5. The van der Waals surface area contributed by atoms with Crippen LogP contribution < -0.4 is 0 Å². The molecule has 3 atom stereocenters. The van der Waals surface area contributed by atoms with E-state index in [-0.39, 0.29) is 0 Å². The van der Waals surface area contributed by atoms with Gasteiger partial charge in [0.1, 0.15) is 0 Å². The van der Waals surface area contributed by atoms with Gasteiger partial charge in [-0.2, -0.15) is 0 Å². The zero-order valence-electron chi connectivity index (χ0n) is 11.4. The minimum atomic E-state index is -1.26. The Morgan fingerprint density at radius 2 is 1.83 bits per heavy atom. The molecule has 0 aliphatic heterocycles. The zero-order valence-corrected chi connectivity index (χ0v) is 13.1. The van der Waals surface area contributed by atoms with Gasteiger partial charge in [0.2, 0.25) is 0 Å². The molecule has 4 nitrogen and oxygen atoms in total. The summed E-state index contributed by atoms with van der Waals surface area (Å²) in [5.74, 6) is 0.138. The van der Waals surface area contributed by atoms with Crippen LogP contribution in [0.4, 0.5) is 0 Å². The van der Waals surface area contributed by atoms with Crippen molar-refractivity contribution in [2.45, 2.75) is 57.3 Å². The number of hydrogen-bond donors (Lipinski definition) is 4. The van der Waals surface area contributed by atoms with Gasteiger partial charge in [-0.25, -0.2) is 4.79 Å². The lowest BCUT2D eigenvalue weighted by Crippen LogP contribution is -2.17. The van der Waals surface area contributed by atoms with Gasteiger partial charge in [0.25, 0.3) is 0 Å². The summed E-state index contributed by atoms with van der Waals surface area (Å²) in [6, 6.07) is 0. The van der Waals surface area contributed by atoms with Crippen molar-refractivity contribution in [3.05, 3.63) is 0 Å². The molecular weight excluding hydrogens is 272 g/mol. The van der Waals surface area contributed by atoms with Crippen molar-refractivity contribution in [2.24, 2.45) is 5.92 Å². The van der Waals surface area contributed by atoms with Crippen LogP contribution >= 0.6 is 24.4 Å². The smallest absolute Gasteiger partial charge is 0.343 e. The molecule has 3 N–H and O–H groups in total. The van der Waals surface area contributed by atoms with Crippen LogP contribution in [0.25, 0.3) is 0 Å². The third kappa shape index (κ3) is 16.1. The van der Waals surface area contributed by atoms with E-state index < -0.39 is 16.8 Å². The van der Waals surface area contributed by atoms with Crippen LogP contribution in [0.15, 0.2) is 0 Å². The van der Waals surface area contributed by atoms with E-state index in [0.29, 0.717) is 5.92 Å². The number of aliphatic hydroxyl groups is 2. The lowest BCUT2D eigenvalue weighted by atomic mass is 10.0. The van der Waals surface area contributed by atoms with Gasteiger partial charge < -0.3 is 15.3 Å². The average Bonchev–Trinajstić information content (AvgIpc) is 2.28. The summed E-state index contributed by atoms with van der Waals surface area (Å²) in [4.78, 5) is 10.3. The predicted octanol–water partition coefficient (Wildman–Crippen LogP) is 2.59. The van der Waals surface area contributed by atoms with Crippen molar-refractivity contribution in [3.8, 4) is 0 Å². The predicted molar refractivity (Wildman–Crippen MR) is 80.1 cm³/mol. The van der Waals surface area contributed by atoms with Gasteiger partial charge in [-0.1, -0.05) is 33.1 Å². The first-order chi connectivity index (χ1) is 8.34. The van der Waals surface area contributed by atoms with Crippen molar-refractivity contribution in [1.29, 1.82) is 0 Å². The molecule has 0 fully saturated rings. The number of carboxylic acid groups (broad SMARTS) is 1. The maximum absolute atomic E-state index is 10.3. The van der Waals surface area contributed by atoms with Gasteiger partial charge in [0.15, 0.2) is 5.44 Å². The number of rotatable bonds is 8. The van der Waals surface area contributed by atoms with Gasteiger partial charge in [0, 0.05) is 0 Å². The molecule has 3 unspecified atom stereocenters. The van der Waals surface area contributed by atoms with Crippen LogP contribution in [0.1, 0.15) is 46.5 Å². The molecule has 0 heterocycles. The Hall–Kier alpha value is 0.0900. The van der Waals surface area contributed by atoms with Gasteiger partial charge in [0.05, 0.1) is 5.44 Å². The maximum Gasteiger partial charge on any atom is 0.343 e. The minimum absolute atomic E-state index is 0.472. The highest BCUT2D eigenvalue weighted by atomic mass is 32.2. The van der Waals surface area contributed by atoms with Crippen molar-refractivity contribution in [2.75, 3.05) is 5.75 Å². The third-order valence-corrected chi connectivity index (χ3v) is 3.43. The highest BCUT2D eigenvalue weighted by Crippen LogP contribution is 2.20. The lowest BCUT2D eigenvalue weighted by molar-refractivity contribution is -0.141. The number of unbranched alkanes of at least 4 members (excludes halogenated alkanes) is 1. The molecule has 0 saturated heterocycles. The summed E-state index contributed by atoms with van der Waals surface area (Å²) < 4.78 is 0. The van der Waals surface area contributed by atoms with E-state index in [4.69, 9.17) is 15.3 Å². The molecule has 0 radical (unpaired) electrons. The van der Waals surface area contributed by atoms with Crippen LogP contribution in [0.3, 0.4) is 0 Å². The molecule has 0 aromatic rings. The number of aliphatic carboxylic acids is 1. The quantitative estimate of drug-likeness (QED) is 0.409. The molecule has 0 amide bonds. The highest BCUT2D eigenvalue weighted by Gasteiger charge is 2.15. The normalized spacial score (nSPS) is 15.2. The van der Waals surface area contributed by atoms with Crippen molar-refractivity contribution < 1.29 is 20.1 Å². The molecule has 18 heavy (non-hydrogen) atoms. The van der Waals surface area contributed by atoms with Crippen LogP contribution in [-0.2, 0) is 4.79 Å². The molecule has 0 aromatic heterocycles. The third-order valence-electron chi connectivity index (χ3n) is 2.24. The van der Waals surface area contributed by atoms with E-state index in [9.17, 15) is 4.79 Å². The lowest BCUT2D eigenvalue weighted by Gasteiger charge is -2.14. The standard InChI is InChI=1S/C10H20O3S.C2H6OS/c1-3-5-6-8(4-2)7-14-10(13)9(11)12;1-2(3)4/h8,10,13H,3-7H2,1-2H3,(H,11,12);2-4H,1H3. The van der Waals surface area contributed by atoms with E-state index in [1.165, 1.54) is 12.8 Å². The number of thiol groups is 1. The van der Waals surface area contributed by atoms with Crippen LogP contribution in [0.5, 0.6) is 0 Å². The van der Waals surface area contributed by atoms with E-state index >= 15 is 0 Å². The minimum Gasteiger partial charge on any atom is -0.479 e. The first-order valence-electron chi connectivity index (χ1n) is 6.23. The molecule has 0 aromatic carbocycles. The van der Waals surface area contributed by atoms with Crippen LogP contribution in [0, 0.1) is 5.92 Å². The summed E-state index contributed by atoms with van der Waals surface area (Å²) >= 11 is 4.65. The van der Waals surface area contributed by atoms with Gasteiger partial charge in [-0.15, -0.1) is 24.4 Å². The molecule has 0 saturated carbocycles. The SMILES string of the molecule is CC(O)S.CCCCC(CC)CSC(O)C(=O)O. The Kier molecular flexibility index (Phi) is 15.3. The number of carbonyl (C=O) groups is 1. The van der Waals surface area contributed by atoms with E-state index in [2.05, 4.69) is 26.5 Å². The Balaban J connectivity index is 0. The Morgan fingerprint density at radius 1 is 1.33 bits per heavy atom. The summed E-state index contributed by atoms with van der Waals surface area (Å²) in [5, 5.41) is 25.5. The molecule has 0 spiro atoms. The van der Waals surface area contributed by atoms with Gasteiger partial charge >= 0.3 is 5.97 Å². The van der Waals surface area contributed by atoms with Crippen LogP contribution in [0.2, 0.25) is 0 Å². The summed E-state index contributed by atoms with van der Waals surface area (Å²) in [5.41, 5.74) is -1.73. The molecule has 110 valence electrons. The average molecular weight is 298 g/mol. The van der Waals surface area contributed by atoms with Crippen molar-refractivity contribution >= 4 is 30.4 Å². The Morgan fingerprint density at radius 3 is 2.17 bits per heavy atom. The fourth-order valence-corrected chi connectivity index (χ4v) is 2.20. The highest BCUT2D eigenvalue weighted by molar-refractivity contribution is 8.00. The second kappa shape index (κ2) is 13.5. The first kappa shape index (κ1) is 20.4. The fourth-order valence-electron chi connectivity index (χ4n) is 1.20. The summed E-state index contributed by atoms with van der Waals surface area (Å²) in [6.45, 7) is 5.84. The van der Waals surface area contributed by atoms with E-state index in [1.54, 1.807) is 6.92 Å². The Bertz CT molecular complexity index is 198. The molecular formula is C12H26O4S2. The Labute approximate surface area is 120 Å². The number of aliphatic hydroxyl groups excluding tert-OH is 2. The maximum atomic E-state index is 10.3. The topological polar surface area (TPSA) is 77.8 Å². The van der Waals surface area contributed by atoms with Crippen molar-refractivity contribution in [1.82, 2.24) is 0 Å². The molecule has 0 aliphatic rings. The molecule has 6 heteroatoms. The fraction of sp³-hybridized carbons (Fsp3) is 0.917. The van der Waals surface area contributed by atoms with Gasteiger partial charge in [-0.3, -0.25) is 0 Å². The number of carboxylic acids is 1. The van der Waals surface area contributed by atoms with E-state index in [0.717, 1.165) is 30.4 Å². The number of thioether (sulfide) groups is 1. The van der Waals surface area contributed by atoms with Crippen molar-refractivity contribution in [3.63, 3.8) is 0 Å². The zero-order chi connectivity index (χ0) is 14.6. The molecule has 0 aliphatic carbocycles. The second-order valence-corrected chi connectivity index (χ2v) is 5.93. The largest absolute Gasteiger partial charge is 0.479 e. The monoisotopic (exact) mass is 298 g/mol.